The summed E-state index contributed by atoms with van der Waals surface area (Å²) in [7, 11) is -3.63. The Morgan fingerprint density at radius 2 is 1.58 bits per heavy atom. The van der Waals surface area contributed by atoms with Crippen LogP contribution in [0, 0.1) is 13.8 Å². The summed E-state index contributed by atoms with van der Waals surface area (Å²) in [6.45, 7) is 6.40. The number of benzene rings is 2. The normalized spacial score (nSPS) is 20.5. The van der Waals surface area contributed by atoms with Gasteiger partial charge >= 0.3 is 0 Å². The maximum atomic E-state index is 13.1. The molecular weight excluding hydrogens is 442 g/mol. The number of imide groups is 1. The third-order valence-electron chi connectivity index (χ3n) is 6.32. The number of ketones is 1. The third-order valence-corrected chi connectivity index (χ3v) is 8.38. The number of carbonyl (C=O) groups is 3. The van der Waals surface area contributed by atoms with E-state index in [1.807, 2.05) is 17.9 Å². The van der Waals surface area contributed by atoms with Crippen LogP contribution >= 0.6 is 0 Å². The fourth-order valence-electron chi connectivity index (χ4n) is 4.50. The number of rotatable bonds is 5. The van der Waals surface area contributed by atoms with Gasteiger partial charge in [0.05, 0.1) is 23.0 Å². The van der Waals surface area contributed by atoms with Crippen molar-refractivity contribution in [3.8, 4) is 0 Å². The molecule has 0 radical (unpaired) electrons. The summed E-state index contributed by atoms with van der Waals surface area (Å²) < 4.78 is 27.7. The Morgan fingerprint density at radius 1 is 0.939 bits per heavy atom. The quantitative estimate of drug-likeness (QED) is 0.492. The molecule has 2 amide bonds. The second-order valence-electron chi connectivity index (χ2n) is 8.60. The highest BCUT2D eigenvalue weighted by atomic mass is 32.2. The summed E-state index contributed by atoms with van der Waals surface area (Å²) in [5.74, 6) is -0.709. The highest BCUT2D eigenvalue weighted by Gasteiger charge is 2.44. The first-order valence-electron chi connectivity index (χ1n) is 10.9. The van der Waals surface area contributed by atoms with Gasteiger partial charge in [0, 0.05) is 31.7 Å². The van der Waals surface area contributed by atoms with Crippen molar-refractivity contribution in [3.63, 3.8) is 0 Å². The molecule has 2 aliphatic rings. The minimum Gasteiger partial charge on any atom is -0.295 e. The molecule has 0 aliphatic carbocycles. The van der Waals surface area contributed by atoms with E-state index in [9.17, 15) is 22.8 Å². The lowest BCUT2D eigenvalue weighted by Crippen LogP contribution is -2.53. The first kappa shape index (κ1) is 23.3. The number of nitrogens with zero attached hydrogens (tertiary/aromatic N) is 3. The molecule has 1 unspecified atom stereocenters. The molecule has 2 fully saturated rings. The first-order chi connectivity index (χ1) is 15.6. The van der Waals surface area contributed by atoms with E-state index in [0.717, 1.165) is 10.5 Å². The fourth-order valence-corrected chi connectivity index (χ4v) is 6.13. The molecule has 33 heavy (non-hydrogen) atoms. The second-order valence-corrected chi connectivity index (χ2v) is 10.5. The van der Waals surface area contributed by atoms with Gasteiger partial charge in [0.25, 0.3) is 5.91 Å². The summed E-state index contributed by atoms with van der Waals surface area (Å²) in [6, 6.07) is 11.1. The van der Waals surface area contributed by atoms with E-state index in [4.69, 9.17) is 0 Å². The topological polar surface area (TPSA) is 95.1 Å². The van der Waals surface area contributed by atoms with Crippen LogP contribution in [-0.4, -0.2) is 67.4 Å². The Morgan fingerprint density at radius 3 is 2.15 bits per heavy atom. The van der Waals surface area contributed by atoms with Crippen LogP contribution in [0.25, 0.3) is 0 Å². The number of Topliss-reactive ketones (excluding diaryl/α,β-unsaturated/α-hetero) is 1. The molecule has 4 rings (SSSR count). The molecule has 2 aromatic rings. The van der Waals surface area contributed by atoms with E-state index in [0.29, 0.717) is 34.8 Å². The predicted octanol–water partition coefficient (Wildman–Crippen LogP) is 2.14. The lowest BCUT2D eigenvalue weighted by atomic mass is 10.1. The smallest absolute Gasteiger partial charge is 0.251 e. The van der Waals surface area contributed by atoms with Crippen LogP contribution < -0.4 is 4.90 Å². The minimum absolute atomic E-state index is 0.0527. The van der Waals surface area contributed by atoms with E-state index in [1.165, 1.54) is 11.2 Å². The molecule has 0 aromatic heterocycles. The zero-order chi connectivity index (χ0) is 23.9. The van der Waals surface area contributed by atoms with Crippen molar-refractivity contribution in [2.75, 3.05) is 31.1 Å². The number of sulfonamides is 1. The minimum atomic E-state index is -3.63. The molecule has 2 heterocycles. The van der Waals surface area contributed by atoms with Gasteiger partial charge in [-0.05, 0) is 56.7 Å². The highest BCUT2D eigenvalue weighted by molar-refractivity contribution is 7.89. The number of hydrogen-bond acceptors (Lipinski definition) is 6. The van der Waals surface area contributed by atoms with Crippen LogP contribution in [0.2, 0.25) is 0 Å². The van der Waals surface area contributed by atoms with E-state index in [2.05, 4.69) is 0 Å². The lowest BCUT2D eigenvalue weighted by molar-refractivity contribution is -0.123. The van der Waals surface area contributed by atoms with Crippen molar-refractivity contribution in [3.05, 3.63) is 59.2 Å². The maximum Gasteiger partial charge on any atom is 0.251 e. The molecule has 0 bridgehead atoms. The van der Waals surface area contributed by atoms with Gasteiger partial charge in [-0.25, -0.2) is 13.3 Å². The highest BCUT2D eigenvalue weighted by Crippen LogP contribution is 2.28. The molecule has 2 aromatic carbocycles. The van der Waals surface area contributed by atoms with Crippen LogP contribution in [0.4, 0.5) is 5.69 Å². The van der Waals surface area contributed by atoms with Crippen molar-refractivity contribution in [1.82, 2.24) is 9.21 Å². The molecule has 1 atom stereocenters. The van der Waals surface area contributed by atoms with E-state index < -0.39 is 16.1 Å². The molecule has 0 spiro atoms. The van der Waals surface area contributed by atoms with Gasteiger partial charge < -0.3 is 0 Å². The van der Waals surface area contributed by atoms with Crippen molar-refractivity contribution in [2.45, 2.75) is 38.1 Å². The van der Waals surface area contributed by atoms with Crippen LogP contribution in [-0.2, 0) is 19.6 Å². The van der Waals surface area contributed by atoms with Crippen molar-refractivity contribution in [2.24, 2.45) is 0 Å². The molecule has 9 heteroatoms. The molecule has 2 saturated heterocycles. The Bertz CT molecular complexity index is 1220. The maximum absolute atomic E-state index is 13.1. The average molecular weight is 470 g/mol. The van der Waals surface area contributed by atoms with Gasteiger partial charge in [0.2, 0.25) is 15.9 Å². The van der Waals surface area contributed by atoms with E-state index in [-0.39, 0.29) is 37.1 Å². The van der Waals surface area contributed by atoms with E-state index in [1.54, 1.807) is 43.3 Å². The van der Waals surface area contributed by atoms with Gasteiger partial charge in [-0.15, -0.1) is 0 Å². The van der Waals surface area contributed by atoms with Gasteiger partial charge in [-0.2, -0.15) is 4.31 Å². The number of piperazine rings is 1. The molecule has 8 nitrogen and oxygen atoms in total. The summed E-state index contributed by atoms with van der Waals surface area (Å²) in [6.07, 6.45) is 0.0527. The number of aryl methyl sites for hydroxylation is 2. The second kappa shape index (κ2) is 8.81. The summed E-state index contributed by atoms with van der Waals surface area (Å²) >= 11 is 0. The van der Waals surface area contributed by atoms with Crippen molar-refractivity contribution in [1.29, 1.82) is 0 Å². The number of anilines is 1. The van der Waals surface area contributed by atoms with E-state index >= 15 is 0 Å². The zero-order valence-electron chi connectivity index (χ0n) is 18.9. The number of hydrogen-bond donors (Lipinski definition) is 0. The van der Waals surface area contributed by atoms with Gasteiger partial charge in [-0.1, -0.05) is 17.7 Å². The van der Waals surface area contributed by atoms with Crippen LogP contribution in [0.5, 0.6) is 0 Å². The number of amides is 2. The Kier molecular flexibility index (Phi) is 6.22. The fraction of sp³-hybridized carbons (Fsp3) is 0.375. The van der Waals surface area contributed by atoms with Gasteiger partial charge in [0.15, 0.2) is 5.78 Å². The largest absolute Gasteiger partial charge is 0.295 e. The molecular formula is C24H27N3O5S. The SMILES string of the molecule is CC(=O)c1ccc(N2C(=O)CC(N3CCN(S(=O)(=O)c4ccc(C)cc4C)CC3)C2=O)cc1. The zero-order valence-corrected chi connectivity index (χ0v) is 19.8. The molecule has 174 valence electrons. The number of carbonyl (C=O) groups excluding carboxylic acids is 3. The first-order valence-corrected chi connectivity index (χ1v) is 12.3. The Hall–Kier alpha value is -2.88. The Labute approximate surface area is 193 Å². The van der Waals surface area contributed by atoms with Crippen LogP contribution in [0.1, 0.15) is 34.8 Å². The molecule has 2 aliphatic heterocycles. The standard InChI is InChI=1S/C24H27N3O5S/c1-16-4-9-22(17(2)14-16)33(31,32)26-12-10-25(11-13-26)21-15-23(29)27(24(21)30)20-7-5-19(6-8-20)18(3)28/h4-9,14,21H,10-13,15H2,1-3H3. The lowest BCUT2D eigenvalue weighted by Gasteiger charge is -2.36. The third kappa shape index (κ3) is 4.36. The molecule has 0 N–H and O–H groups in total. The molecule has 0 saturated carbocycles. The average Bonchev–Trinajstić information content (AvgIpc) is 3.07. The van der Waals surface area contributed by atoms with Crippen molar-refractivity contribution < 1.29 is 22.8 Å². The van der Waals surface area contributed by atoms with Crippen molar-refractivity contribution >= 4 is 33.3 Å². The Balaban J connectivity index is 1.45. The van der Waals surface area contributed by atoms with Gasteiger partial charge in [0.1, 0.15) is 0 Å². The van der Waals surface area contributed by atoms with Crippen LogP contribution in [0.15, 0.2) is 47.4 Å². The summed E-state index contributed by atoms with van der Waals surface area (Å²) in [5.41, 5.74) is 2.66. The predicted molar refractivity (Wildman–Crippen MR) is 124 cm³/mol. The van der Waals surface area contributed by atoms with Crippen LogP contribution in [0.3, 0.4) is 0 Å². The summed E-state index contributed by atoms with van der Waals surface area (Å²) in [4.78, 5) is 40.5. The summed E-state index contributed by atoms with van der Waals surface area (Å²) in [5, 5.41) is 0. The monoisotopic (exact) mass is 469 g/mol. The van der Waals surface area contributed by atoms with Gasteiger partial charge in [-0.3, -0.25) is 19.3 Å².